The van der Waals surface area contributed by atoms with Crippen molar-refractivity contribution >= 4 is 17.7 Å². The summed E-state index contributed by atoms with van der Waals surface area (Å²) in [6, 6.07) is 8.82. The predicted octanol–water partition coefficient (Wildman–Crippen LogP) is 2.83. The average molecular weight is 306 g/mol. The molecule has 1 N–H and O–H groups in total. The van der Waals surface area contributed by atoms with Crippen LogP contribution in [0.25, 0.3) is 0 Å². The predicted molar refractivity (Wildman–Crippen MR) is 90.6 cm³/mol. The van der Waals surface area contributed by atoms with Crippen molar-refractivity contribution in [2.24, 2.45) is 0 Å². The van der Waals surface area contributed by atoms with E-state index in [0.717, 1.165) is 37.6 Å². The molecular weight excluding hydrogens is 280 g/mol. The van der Waals surface area contributed by atoms with Gasteiger partial charge in [-0.25, -0.2) is 0 Å². The molecule has 0 aromatic heterocycles. The quantitative estimate of drug-likeness (QED) is 0.877. The molecule has 21 heavy (non-hydrogen) atoms. The average Bonchev–Trinajstić information content (AvgIpc) is 2.50. The van der Waals surface area contributed by atoms with Crippen LogP contribution in [0.2, 0.25) is 0 Å². The fraction of sp³-hybridized carbons (Fsp3) is 0.588. The van der Waals surface area contributed by atoms with Crippen LogP contribution in [0.3, 0.4) is 0 Å². The van der Waals surface area contributed by atoms with Crippen LogP contribution in [0.1, 0.15) is 30.9 Å². The monoisotopic (exact) mass is 306 g/mol. The number of nitrogens with zero attached hydrogens (tertiary/aromatic N) is 1. The van der Waals surface area contributed by atoms with Gasteiger partial charge in [-0.2, -0.15) is 11.8 Å². The molecule has 1 unspecified atom stereocenters. The van der Waals surface area contributed by atoms with Gasteiger partial charge < -0.3 is 10.2 Å². The summed E-state index contributed by atoms with van der Waals surface area (Å²) < 4.78 is 0. The van der Waals surface area contributed by atoms with Crippen LogP contribution in [0.4, 0.5) is 0 Å². The number of carbonyl (C=O) groups is 1. The van der Waals surface area contributed by atoms with Gasteiger partial charge in [0.1, 0.15) is 0 Å². The first-order valence-corrected chi connectivity index (χ1v) is 8.99. The highest BCUT2D eigenvalue weighted by atomic mass is 32.2. The van der Waals surface area contributed by atoms with E-state index in [-0.39, 0.29) is 5.91 Å². The summed E-state index contributed by atoms with van der Waals surface area (Å²) >= 11 is 1.94. The zero-order valence-corrected chi connectivity index (χ0v) is 13.9. The molecule has 1 amide bonds. The van der Waals surface area contributed by atoms with Gasteiger partial charge in [0.05, 0.1) is 0 Å². The van der Waals surface area contributed by atoms with Crippen LogP contribution in [0, 0.1) is 6.92 Å². The Labute approximate surface area is 132 Å². The van der Waals surface area contributed by atoms with Gasteiger partial charge in [-0.15, -0.1) is 0 Å². The summed E-state index contributed by atoms with van der Waals surface area (Å²) in [4.78, 5) is 14.6. The molecule has 1 saturated heterocycles. The van der Waals surface area contributed by atoms with Gasteiger partial charge >= 0.3 is 0 Å². The molecule has 1 atom stereocenters. The summed E-state index contributed by atoms with van der Waals surface area (Å²) in [5, 5.41) is 3.45. The number of rotatable bonds is 6. The second kappa shape index (κ2) is 8.44. The van der Waals surface area contributed by atoms with E-state index in [1.165, 1.54) is 11.1 Å². The van der Waals surface area contributed by atoms with Gasteiger partial charge in [-0.05, 0) is 18.9 Å². The maximum Gasteiger partial charge on any atom is 0.224 e. The first kappa shape index (κ1) is 16.4. The van der Waals surface area contributed by atoms with Crippen LogP contribution < -0.4 is 5.32 Å². The Kier molecular flexibility index (Phi) is 6.58. The fourth-order valence-corrected chi connectivity index (χ4v) is 3.52. The molecule has 0 radical (unpaired) electrons. The topological polar surface area (TPSA) is 32.3 Å². The largest absolute Gasteiger partial charge is 0.338 e. The number of amides is 1. The third-order valence-electron chi connectivity index (χ3n) is 3.76. The van der Waals surface area contributed by atoms with E-state index >= 15 is 0 Å². The van der Waals surface area contributed by atoms with E-state index in [4.69, 9.17) is 0 Å². The zero-order valence-electron chi connectivity index (χ0n) is 13.1. The van der Waals surface area contributed by atoms with Crippen molar-refractivity contribution in [2.45, 2.75) is 39.3 Å². The van der Waals surface area contributed by atoms with Crippen molar-refractivity contribution in [3.05, 3.63) is 35.4 Å². The third-order valence-corrected chi connectivity index (χ3v) is 4.89. The highest BCUT2D eigenvalue weighted by molar-refractivity contribution is 7.99. The number of carbonyl (C=O) groups excluding carboxylic acids is 1. The van der Waals surface area contributed by atoms with Crippen molar-refractivity contribution in [3.8, 4) is 0 Å². The molecule has 1 aliphatic heterocycles. The Balaban J connectivity index is 1.93. The molecule has 0 spiro atoms. The lowest BCUT2D eigenvalue weighted by Gasteiger charge is -2.27. The van der Waals surface area contributed by atoms with Crippen LogP contribution in [-0.4, -0.2) is 41.4 Å². The van der Waals surface area contributed by atoms with E-state index in [1.54, 1.807) is 0 Å². The summed E-state index contributed by atoms with van der Waals surface area (Å²) in [6.45, 7) is 6.81. The lowest BCUT2D eigenvalue weighted by Crippen LogP contribution is -2.42. The van der Waals surface area contributed by atoms with Crippen LogP contribution >= 0.6 is 11.8 Å². The van der Waals surface area contributed by atoms with Gasteiger partial charge in [0.2, 0.25) is 5.91 Å². The van der Waals surface area contributed by atoms with Crippen LogP contribution in [0.5, 0.6) is 0 Å². The van der Waals surface area contributed by atoms with Crippen molar-refractivity contribution in [1.82, 2.24) is 10.2 Å². The van der Waals surface area contributed by atoms with Gasteiger partial charge in [-0.1, -0.05) is 36.8 Å². The van der Waals surface area contributed by atoms with Gasteiger partial charge in [0.15, 0.2) is 0 Å². The van der Waals surface area contributed by atoms with Gasteiger partial charge in [0.25, 0.3) is 0 Å². The molecule has 4 heteroatoms. The Morgan fingerprint density at radius 1 is 1.38 bits per heavy atom. The Morgan fingerprint density at radius 2 is 2.14 bits per heavy atom. The van der Waals surface area contributed by atoms with Crippen molar-refractivity contribution in [2.75, 3.05) is 24.6 Å². The van der Waals surface area contributed by atoms with Gasteiger partial charge in [0, 0.05) is 43.6 Å². The molecule has 2 rings (SSSR count). The minimum absolute atomic E-state index is 0.275. The van der Waals surface area contributed by atoms with E-state index in [2.05, 4.69) is 43.4 Å². The minimum atomic E-state index is 0.275. The van der Waals surface area contributed by atoms with Crippen molar-refractivity contribution in [3.63, 3.8) is 0 Å². The van der Waals surface area contributed by atoms with Gasteiger partial charge in [-0.3, -0.25) is 4.79 Å². The summed E-state index contributed by atoms with van der Waals surface area (Å²) in [6.07, 6.45) is 1.63. The van der Waals surface area contributed by atoms with Crippen molar-refractivity contribution < 1.29 is 4.79 Å². The number of nitrogens with one attached hydrogen (secondary N) is 1. The minimum Gasteiger partial charge on any atom is -0.338 e. The Hall–Kier alpha value is -1.00. The molecule has 1 fully saturated rings. The molecule has 116 valence electrons. The molecule has 3 nitrogen and oxygen atoms in total. The molecule has 1 aliphatic rings. The molecule has 0 saturated carbocycles. The number of hydrogen-bond acceptors (Lipinski definition) is 3. The van der Waals surface area contributed by atoms with E-state index in [0.29, 0.717) is 12.5 Å². The van der Waals surface area contributed by atoms with Crippen LogP contribution in [0.15, 0.2) is 24.3 Å². The maximum atomic E-state index is 12.5. The number of thioether (sulfide) groups is 1. The van der Waals surface area contributed by atoms with Crippen LogP contribution in [-0.2, 0) is 11.3 Å². The summed E-state index contributed by atoms with van der Waals surface area (Å²) in [7, 11) is 0. The first-order valence-electron chi connectivity index (χ1n) is 7.83. The van der Waals surface area contributed by atoms with E-state index in [9.17, 15) is 4.79 Å². The molecule has 0 bridgehead atoms. The van der Waals surface area contributed by atoms with E-state index < -0.39 is 0 Å². The maximum absolute atomic E-state index is 12.5. The molecule has 1 aromatic rings. The third kappa shape index (κ3) is 5.36. The Morgan fingerprint density at radius 3 is 2.76 bits per heavy atom. The molecule has 1 heterocycles. The lowest BCUT2D eigenvalue weighted by atomic mass is 10.1. The smallest absolute Gasteiger partial charge is 0.224 e. The highest BCUT2D eigenvalue weighted by Gasteiger charge is 2.20. The second-order valence-electron chi connectivity index (χ2n) is 5.73. The standard InChI is InChI=1S/C17H26N2OS/c1-3-9-19(12-15-6-4-14(2)5-7-15)17(20)11-16-13-21-10-8-18-16/h4-7,16,18H,3,8-13H2,1-2H3. The number of aryl methyl sites for hydroxylation is 1. The summed E-state index contributed by atoms with van der Waals surface area (Å²) in [5.74, 6) is 2.49. The number of benzene rings is 1. The number of hydrogen-bond donors (Lipinski definition) is 1. The molecular formula is C17H26N2OS. The fourth-order valence-electron chi connectivity index (χ4n) is 2.57. The van der Waals surface area contributed by atoms with Crippen molar-refractivity contribution in [1.29, 1.82) is 0 Å². The SMILES string of the molecule is CCCN(Cc1ccc(C)cc1)C(=O)CC1CSCCN1. The lowest BCUT2D eigenvalue weighted by molar-refractivity contribution is -0.132. The molecule has 1 aromatic carbocycles. The first-order chi connectivity index (χ1) is 10.2. The second-order valence-corrected chi connectivity index (χ2v) is 6.88. The Bertz CT molecular complexity index is 441. The normalized spacial score (nSPS) is 18.5. The summed E-state index contributed by atoms with van der Waals surface area (Å²) in [5.41, 5.74) is 2.48. The highest BCUT2D eigenvalue weighted by Crippen LogP contribution is 2.14. The molecule has 0 aliphatic carbocycles. The van der Waals surface area contributed by atoms with E-state index in [1.807, 2.05) is 16.7 Å². The zero-order chi connectivity index (χ0) is 15.1.